The molecule has 0 spiro atoms. The van der Waals surface area contributed by atoms with Crippen LogP contribution in [0.25, 0.3) is 27.9 Å². The lowest BCUT2D eigenvalue weighted by molar-refractivity contribution is 0.417. The van der Waals surface area contributed by atoms with Gasteiger partial charge >= 0.3 is 0 Å². The molecule has 2 heterocycles. The largest absolute Gasteiger partial charge is 0.495 e. The smallest absolute Gasteiger partial charge is 0.142 e. The fourth-order valence-electron chi connectivity index (χ4n) is 2.84. The van der Waals surface area contributed by atoms with Crippen molar-refractivity contribution < 1.29 is 4.74 Å². The maximum absolute atomic E-state index is 5.37. The molecule has 5 heteroatoms. The van der Waals surface area contributed by atoms with Gasteiger partial charge in [0.05, 0.1) is 36.6 Å². The molecule has 4 aromatic rings. The number of nitrogens with zero attached hydrogens (tertiary/aromatic N) is 2. The highest BCUT2D eigenvalue weighted by molar-refractivity contribution is 5.84. The molecule has 4 rings (SSSR count). The first-order chi connectivity index (χ1) is 12.7. The Bertz CT molecular complexity index is 1080. The molecule has 0 fully saturated rings. The topological polar surface area (TPSA) is 62.8 Å². The normalized spacial score (nSPS) is 10.7. The number of para-hydroxylation sites is 2. The number of H-pyrrole nitrogens is 1. The van der Waals surface area contributed by atoms with Gasteiger partial charge in [0.25, 0.3) is 0 Å². The molecule has 5 nitrogen and oxygen atoms in total. The van der Waals surface area contributed by atoms with E-state index in [0.29, 0.717) is 11.4 Å². The molecule has 128 valence electrons. The molecule has 26 heavy (non-hydrogen) atoms. The second kappa shape index (κ2) is 6.72. The van der Waals surface area contributed by atoms with Crippen molar-refractivity contribution in [3.63, 3.8) is 0 Å². The summed E-state index contributed by atoms with van der Waals surface area (Å²) in [5.41, 5.74) is 5.08. The third kappa shape index (κ3) is 3.02. The number of anilines is 1. The molecule has 0 aliphatic heterocycles. The zero-order valence-electron chi connectivity index (χ0n) is 14.4. The molecule has 2 aromatic heterocycles. The summed E-state index contributed by atoms with van der Waals surface area (Å²) >= 11 is 0. The third-order valence-electron chi connectivity index (χ3n) is 4.19. The summed E-state index contributed by atoms with van der Waals surface area (Å²) in [5.74, 6) is 0.746. The number of aromatic amines is 1. The van der Waals surface area contributed by atoms with Gasteiger partial charge in [-0.05, 0) is 30.3 Å². The highest BCUT2D eigenvalue weighted by Gasteiger charge is 2.08. The number of hydrogen-bond donors (Lipinski definition) is 2. The van der Waals surface area contributed by atoms with Gasteiger partial charge < -0.3 is 15.0 Å². The van der Waals surface area contributed by atoms with E-state index >= 15 is 0 Å². The molecule has 0 amide bonds. The van der Waals surface area contributed by atoms with Crippen molar-refractivity contribution in [1.29, 1.82) is 0 Å². The fourth-order valence-corrected chi connectivity index (χ4v) is 2.84. The monoisotopic (exact) mass is 342 g/mol. The first kappa shape index (κ1) is 15.9. The van der Waals surface area contributed by atoms with Gasteiger partial charge in [-0.15, -0.1) is 0 Å². The van der Waals surface area contributed by atoms with E-state index in [1.165, 1.54) is 0 Å². The van der Waals surface area contributed by atoms with Gasteiger partial charge in [-0.25, -0.2) is 4.98 Å². The third-order valence-corrected chi connectivity index (χ3v) is 4.19. The van der Waals surface area contributed by atoms with Crippen molar-refractivity contribution in [2.75, 3.05) is 12.4 Å². The molecule has 2 aromatic carbocycles. The minimum atomic E-state index is 0.659. The Morgan fingerprint density at radius 2 is 2.00 bits per heavy atom. The number of fused-ring (bicyclic) bond motifs is 1. The van der Waals surface area contributed by atoms with Gasteiger partial charge in [0.1, 0.15) is 11.4 Å². The maximum atomic E-state index is 5.37. The number of ether oxygens (including phenoxy) is 1. The second-order valence-corrected chi connectivity index (χ2v) is 5.87. The quantitative estimate of drug-likeness (QED) is 0.551. The van der Waals surface area contributed by atoms with Gasteiger partial charge in [0, 0.05) is 22.7 Å². The maximum Gasteiger partial charge on any atom is 0.142 e. The fraction of sp³-hybridized carbons (Fsp3) is 0.0476. The number of methoxy groups -OCH3 is 1. The van der Waals surface area contributed by atoms with E-state index in [1.807, 2.05) is 48.7 Å². The van der Waals surface area contributed by atoms with Gasteiger partial charge in [0.2, 0.25) is 0 Å². The number of nitrogens with one attached hydrogen (secondary N) is 2. The predicted octanol–water partition coefficient (Wildman–Crippen LogP) is 4.72. The molecule has 0 unspecified atom stereocenters. The summed E-state index contributed by atoms with van der Waals surface area (Å²) in [4.78, 5) is 12.2. The zero-order chi connectivity index (χ0) is 17.9. The molecule has 0 aliphatic rings. The van der Waals surface area contributed by atoms with Crippen LogP contribution in [0.2, 0.25) is 0 Å². The van der Waals surface area contributed by atoms with Gasteiger partial charge in [0.15, 0.2) is 0 Å². The highest BCUT2D eigenvalue weighted by atomic mass is 16.5. The zero-order valence-corrected chi connectivity index (χ0v) is 14.4. The Labute approximate surface area is 151 Å². The molecular formula is C21H18N4O. The predicted molar refractivity (Wildman–Crippen MR) is 105 cm³/mol. The van der Waals surface area contributed by atoms with Gasteiger partial charge in [-0.2, -0.15) is 0 Å². The lowest BCUT2D eigenvalue weighted by Crippen LogP contribution is -2.02. The summed E-state index contributed by atoms with van der Waals surface area (Å²) in [6, 6.07) is 15.9. The molecule has 0 aliphatic carbocycles. The van der Waals surface area contributed by atoms with E-state index < -0.39 is 0 Å². The summed E-state index contributed by atoms with van der Waals surface area (Å²) in [6.07, 6.45) is 5.38. The standard InChI is InChI=1S/C21H18N4O/c1-14(24-18-5-3-4-6-21(18)26-2)19-12-22-13-20(25-19)15-7-8-17-16(11-15)9-10-23-17/h3-13,23-24H,1H2,2H3. The minimum Gasteiger partial charge on any atom is -0.495 e. The van der Waals surface area contributed by atoms with Crippen LogP contribution in [0.5, 0.6) is 5.75 Å². The summed E-state index contributed by atoms with van der Waals surface area (Å²) in [7, 11) is 1.64. The summed E-state index contributed by atoms with van der Waals surface area (Å²) in [5, 5.41) is 4.39. The molecule has 0 saturated heterocycles. The number of aromatic nitrogens is 3. The van der Waals surface area contributed by atoms with Crippen LogP contribution in [0.4, 0.5) is 5.69 Å². The van der Waals surface area contributed by atoms with Gasteiger partial charge in [-0.3, -0.25) is 4.98 Å². The lowest BCUT2D eigenvalue weighted by atomic mass is 10.1. The van der Waals surface area contributed by atoms with Crippen LogP contribution < -0.4 is 10.1 Å². The van der Waals surface area contributed by atoms with Crippen molar-refractivity contribution in [3.8, 4) is 17.0 Å². The van der Waals surface area contributed by atoms with E-state index in [2.05, 4.69) is 27.9 Å². The average Bonchev–Trinajstić information content (AvgIpc) is 3.16. The second-order valence-electron chi connectivity index (χ2n) is 5.87. The van der Waals surface area contributed by atoms with Crippen molar-refractivity contribution >= 4 is 22.3 Å². The Kier molecular flexibility index (Phi) is 4.11. The van der Waals surface area contributed by atoms with Gasteiger partial charge in [-0.1, -0.05) is 24.8 Å². The first-order valence-corrected chi connectivity index (χ1v) is 8.23. The molecule has 2 N–H and O–H groups in total. The Hall–Kier alpha value is -3.60. The van der Waals surface area contributed by atoms with E-state index in [4.69, 9.17) is 9.72 Å². The summed E-state index contributed by atoms with van der Waals surface area (Å²) in [6.45, 7) is 4.10. The van der Waals surface area contributed by atoms with E-state index in [1.54, 1.807) is 19.5 Å². The number of benzene rings is 2. The lowest BCUT2D eigenvalue weighted by Gasteiger charge is -2.13. The number of rotatable bonds is 5. The van der Waals surface area contributed by atoms with Crippen LogP contribution in [-0.4, -0.2) is 22.1 Å². The van der Waals surface area contributed by atoms with Crippen LogP contribution in [-0.2, 0) is 0 Å². The molecule has 0 atom stereocenters. The minimum absolute atomic E-state index is 0.659. The SMILES string of the molecule is C=C(Nc1ccccc1OC)c1cncc(-c2ccc3[nH]ccc3c2)n1. The van der Waals surface area contributed by atoms with Crippen LogP contribution in [0.3, 0.4) is 0 Å². The van der Waals surface area contributed by atoms with E-state index in [-0.39, 0.29) is 0 Å². The number of hydrogen-bond acceptors (Lipinski definition) is 4. The van der Waals surface area contributed by atoms with Crippen molar-refractivity contribution in [3.05, 3.63) is 79.4 Å². The van der Waals surface area contributed by atoms with E-state index in [9.17, 15) is 0 Å². The van der Waals surface area contributed by atoms with Crippen LogP contribution >= 0.6 is 0 Å². The first-order valence-electron chi connectivity index (χ1n) is 8.23. The average molecular weight is 342 g/mol. The van der Waals surface area contributed by atoms with Crippen LogP contribution in [0.15, 0.2) is 73.7 Å². The van der Waals surface area contributed by atoms with Crippen molar-refractivity contribution in [1.82, 2.24) is 15.0 Å². The summed E-state index contributed by atoms with van der Waals surface area (Å²) < 4.78 is 5.37. The Morgan fingerprint density at radius 1 is 1.12 bits per heavy atom. The molecule has 0 radical (unpaired) electrons. The Morgan fingerprint density at radius 3 is 2.88 bits per heavy atom. The molecular weight excluding hydrogens is 324 g/mol. The van der Waals surface area contributed by atoms with Crippen molar-refractivity contribution in [2.45, 2.75) is 0 Å². The van der Waals surface area contributed by atoms with Crippen molar-refractivity contribution in [2.24, 2.45) is 0 Å². The van der Waals surface area contributed by atoms with Crippen LogP contribution in [0, 0.1) is 0 Å². The highest BCUT2D eigenvalue weighted by Crippen LogP contribution is 2.27. The Balaban J connectivity index is 1.63. The van der Waals surface area contributed by atoms with Crippen LogP contribution in [0.1, 0.15) is 5.69 Å². The molecule has 0 bridgehead atoms. The molecule has 0 saturated carbocycles. The van der Waals surface area contributed by atoms with E-state index in [0.717, 1.165) is 33.6 Å².